The van der Waals surface area contributed by atoms with E-state index in [0.29, 0.717) is 12.5 Å². The van der Waals surface area contributed by atoms with Gasteiger partial charge >= 0.3 is 6.09 Å². The monoisotopic (exact) mass is 433 g/mol. The van der Waals surface area contributed by atoms with Gasteiger partial charge in [-0.3, -0.25) is 4.99 Å². The Morgan fingerprint density at radius 1 is 1.19 bits per heavy atom. The number of nitrogens with zero attached hydrogens (tertiary/aromatic N) is 2. The summed E-state index contributed by atoms with van der Waals surface area (Å²) in [6.07, 6.45) is 1.52. The first-order chi connectivity index (χ1) is 14.8. The van der Waals surface area contributed by atoms with Gasteiger partial charge in [-0.25, -0.2) is 4.79 Å². The van der Waals surface area contributed by atoms with Crippen LogP contribution in [-0.4, -0.2) is 64.0 Å². The summed E-state index contributed by atoms with van der Waals surface area (Å²) in [6.45, 7) is 12.5. The number of rotatable bonds is 9. The molecule has 0 aromatic heterocycles. The Labute approximate surface area is 186 Å². The smallest absolute Gasteiger partial charge is 0.407 e. The molecule has 1 unspecified atom stereocenters. The molecule has 0 aliphatic carbocycles. The Morgan fingerprint density at radius 3 is 2.65 bits per heavy atom. The van der Waals surface area contributed by atoms with Crippen LogP contribution in [0.2, 0.25) is 0 Å². The molecule has 8 heteroatoms. The van der Waals surface area contributed by atoms with Crippen LogP contribution in [0.4, 0.5) is 10.5 Å². The molecule has 1 aromatic carbocycles. The molecule has 1 fully saturated rings. The maximum atomic E-state index is 11.7. The van der Waals surface area contributed by atoms with Gasteiger partial charge in [0.15, 0.2) is 5.96 Å². The third-order valence-electron chi connectivity index (χ3n) is 4.88. The zero-order chi connectivity index (χ0) is 22.7. The SMILES string of the molecule is CCNC(=NCC1CCN(c2ccccc2OC)C1)NCCCNC(=O)OC(C)(C)C. The highest BCUT2D eigenvalue weighted by atomic mass is 16.6. The Balaban J connectivity index is 1.74. The van der Waals surface area contributed by atoms with Crippen LogP contribution in [0.5, 0.6) is 5.75 Å². The number of ether oxygens (including phenoxy) is 2. The van der Waals surface area contributed by atoms with E-state index in [1.54, 1.807) is 7.11 Å². The zero-order valence-corrected chi connectivity index (χ0v) is 19.7. The molecule has 1 aliphatic rings. The van der Waals surface area contributed by atoms with E-state index in [-0.39, 0.29) is 6.09 Å². The molecule has 2 rings (SSSR count). The molecular weight excluding hydrogens is 394 g/mol. The summed E-state index contributed by atoms with van der Waals surface area (Å²) < 4.78 is 10.7. The van der Waals surface area contributed by atoms with Crippen LogP contribution in [-0.2, 0) is 4.74 Å². The molecule has 1 heterocycles. The predicted molar refractivity (Wildman–Crippen MR) is 126 cm³/mol. The Morgan fingerprint density at radius 2 is 1.94 bits per heavy atom. The van der Waals surface area contributed by atoms with E-state index in [9.17, 15) is 4.79 Å². The molecule has 1 saturated heterocycles. The molecule has 1 amide bonds. The van der Waals surface area contributed by atoms with Crippen LogP contribution >= 0.6 is 0 Å². The largest absolute Gasteiger partial charge is 0.495 e. The fourth-order valence-corrected chi connectivity index (χ4v) is 3.45. The molecule has 8 nitrogen and oxygen atoms in total. The fraction of sp³-hybridized carbons (Fsp3) is 0.652. The number of amides is 1. The number of carbonyl (C=O) groups is 1. The lowest BCUT2D eigenvalue weighted by Gasteiger charge is -2.21. The molecule has 0 spiro atoms. The van der Waals surface area contributed by atoms with Crippen molar-refractivity contribution in [3.8, 4) is 5.75 Å². The number of hydrogen-bond acceptors (Lipinski definition) is 5. The average Bonchev–Trinajstić information content (AvgIpc) is 3.19. The Hall–Kier alpha value is -2.64. The molecular formula is C23H39N5O3. The van der Waals surface area contributed by atoms with Crippen molar-refractivity contribution in [2.24, 2.45) is 10.9 Å². The van der Waals surface area contributed by atoms with Gasteiger partial charge in [0.2, 0.25) is 0 Å². The summed E-state index contributed by atoms with van der Waals surface area (Å²) in [4.78, 5) is 18.8. The summed E-state index contributed by atoms with van der Waals surface area (Å²) in [5.41, 5.74) is 0.674. The maximum Gasteiger partial charge on any atom is 0.407 e. The number of nitrogens with one attached hydrogen (secondary N) is 3. The predicted octanol–water partition coefficient (Wildman–Crippen LogP) is 2.99. The van der Waals surface area contributed by atoms with E-state index < -0.39 is 5.60 Å². The van der Waals surface area contributed by atoms with E-state index in [1.165, 1.54) is 0 Å². The van der Waals surface area contributed by atoms with E-state index >= 15 is 0 Å². The normalized spacial score (nSPS) is 16.7. The van der Waals surface area contributed by atoms with Crippen molar-refractivity contribution in [1.29, 1.82) is 0 Å². The molecule has 174 valence electrons. The van der Waals surface area contributed by atoms with Gasteiger partial charge in [-0.15, -0.1) is 0 Å². The second-order valence-corrected chi connectivity index (χ2v) is 8.70. The van der Waals surface area contributed by atoms with Crippen molar-refractivity contribution in [3.05, 3.63) is 24.3 Å². The number of guanidine groups is 1. The van der Waals surface area contributed by atoms with Crippen LogP contribution in [0.1, 0.15) is 40.5 Å². The number of aliphatic imine (C=N–C) groups is 1. The lowest BCUT2D eigenvalue weighted by molar-refractivity contribution is 0.0527. The van der Waals surface area contributed by atoms with Crippen molar-refractivity contribution in [2.45, 2.75) is 46.1 Å². The van der Waals surface area contributed by atoms with E-state index in [1.807, 2.05) is 39.0 Å². The van der Waals surface area contributed by atoms with Crippen molar-refractivity contribution in [3.63, 3.8) is 0 Å². The summed E-state index contributed by atoms with van der Waals surface area (Å²) in [7, 11) is 1.72. The molecule has 0 radical (unpaired) electrons. The van der Waals surface area contributed by atoms with Gasteiger partial charge < -0.3 is 30.3 Å². The third kappa shape index (κ3) is 8.94. The first-order valence-corrected chi connectivity index (χ1v) is 11.2. The molecule has 1 aromatic rings. The van der Waals surface area contributed by atoms with Crippen molar-refractivity contribution in [1.82, 2.24) is 16.0 Å². The lowest BCUT2D eigenvalue weighted by atomic mass is 10.1. The van der Waals surface area contributed by atoms with Gasteiger partial charge in [0.25, 0.3) is 0 Å². The van der Waals surface area contributed by atoms with Crippen LogP contribution < -0.4 is 25.6 Å². The zero-order valence-electron chi connectivity index (χ0n) is 19.7. The van der Waals surface area contributed by atoms with E-state index in [2.05, 4.69) is 33.8 Å². The standard InChI is InChI=1S/C23H39N5O3/c1-6-24-21(25-13-9-14-26-22(29)31-23(2,3)4)27-16-18-12-15-28(17-18)19-10-7-8-11-20(19)30-5/h7-8,10-11,18H,6,9,12-17H2,1-5H3,(H,26,29)(H2,24,25,27). The second-order valence-electron chi connectivity index (χ2n) is 8.70. The maximum absolute atomic E-state index is 11.7. The highest BCUT2D eigenvalue weighted by Gasteiger charge is 2.24. The fourth-order valence-electron chi connectivity index (χ4n) is 3.45. The quantitative estimate of drug-likeness (QED) is 0.315. The van der Waals surface area contributed by atoms with Gasteiger partial charge in [0.1, 0.15) is 11.4 Å². The molecule has 1 atom stereocenters. The van der Waals surface area contributed by atoms with Crippen molar-refractivity contribution in [2.75, 3.05) is 51.3 Å². The molecule has 0 bridgehead atoms. The molecule has 1 aliphatic heterocycles. The highest BCUT2D eigenvalue weighted by Crippen LogP contribution is 2.31. The minimum atomic E-state index is -0.478. The van der Waals surface area contributed by atoms with E-state index in [0.717, 1.165) is 63.0 Å². The number of para-hydroxylation sites is 2. The number of anilines is 1. The summed E-state index contributed by atoms with van der Waals surface area (Å²) in [6, 6.07) is 8.17. The number of alkyl carbamates (subject to hydrolysis) is 1. The second kappa shape index (κ2) is 12.3. The summed E-state index contributed by atoms with van der Waals surface area (Å²) >= 11 is 0. The van der Waals surface area contributed by atoms with Crippen molar-refractivity contribution < 1.29 is 14.3 Å². The number of methoxy groups -OCH3 is 1. The number of carbonyl (C=O) groups excluding carboxylic acids is 1. The van der Waals surface area contributed by atoms with Gasteiger partial charge in [0, 0.05) is 39.3 Å². The minimum Gasteiger partial charge on any atom is -0.495 e. The number of benzene rings is 1. The summed E-state index contributed by atoms with van der Waals surface area (Å²) in [5.74, 6) is 2.24. The van der Waals surface area contributed by atoms with Crippen LogP contribution in [0.3, 0.4) is 0 Å². The lowest BCUT2D eigenvalue weighted by Crippen LogP contribution is -2.39. The van der Waals surface area contributed by atoms with Gasteiger partial charge in [-0.2, -0.15) is 0 Å². The van der Waals surface area contributed by atoms with Crippen LogP contribution in [0, 0.1) is 5.92 Å². The molecule has 3 N–H and O–H groups in total. The number of hydrogen-bond donors (Lipinski definition) is 3. The summed E-state index contributed by atoms with van der Waals surface area (Å²) in [5, 5.41) is 9.41. The minimum absolute atomic E-state index is 0.381. The van der Waals surface area contributed by atoms with Crippen LogP contribution in [0.15, 0.2) is 29.3 Å². The first kappa shape index (κ1) is 24.6. The van der Waals surface area contributed by atoms with Gasteiger partial charge in [0.05, 0.1) is 12.8 Å². The Bertz CT molecular complexity index is 717. The third-order valence-corrected chi connectivity index (χ3v) is 4.88. The van der Waals surface area contributed by atoms with Gasteiger partial charge in [-0.1, -0.05) is 12.1 Å². The topological polar surface area (TPSA) is 87.2 Å². The van der Waals surface area contributed by atoms with Gasteiger partial charge in [-0.05, 0) is 58.6 Å². The Kier molecular flexibility index (Phi) is 9.75. The van der Waals surface area contributed by atoms with E-state index in [4.69, 9.17) is 14.5 Å². The first-order valence-electron chi connectivity index (χ1n) is 11.2. The van der Waals surface area contributed by atoms with Crippen molar-refractivity contribution >= 4 is 17.7 Å². The molecule has 31 heavy (non-hydrogen) atoms. The highest BCUT2D eigenvalue weighted by molar-refractivity contribution is 5.79. The molecule has 0 saturated carbocycles. The van der Waals surface area contributed by atoms with Crippen LogP contribution in [0.25, 0.3) is 0 Å². The average molecular weight is 434 g/mol.